The summed E-state index contributed by atoms with van der Waals surface area (Å²) in [5.41, 5.74) is 0. The molecule has 0 saturated carbocycles. The zero-order valence-electron chi connectivity index (χ0n) is 74.8. The summed E-state index contributed by atoms with van der Waals surface area (Å²) in [5.74, 6) is 0. The number of aliphatic hydroxyl groups excluding tert-OH is 39. The quantitative estimate of drug-likeness (QED) is 0.0404. The first kappa shape index (κ1) is 116. The lowest BCUT2D eigenvalue weighted by Crippen LogP contribution is -2.68. The third-order valence-corrected chi connectivity index (χ3v) is 27.4. The van der Waals surface area contributed by atoms with Crippen molar-refractivity contribution in [2.45, 2.75) is 399 Å². The van der Waals surface area contributed by atoms with Crippen molar-refractivity contribution < 1.29 is 322 Å². The molecule has 39 N–H and O–H groups in total. The molecule has 0 aliphatic carbocycles. The molecule has 14 bridgehead atoms. The summed E-state index contributed by atoms with van der Waals surface area (Å²) in [7, 11) is 0. The molecule has 0 aromatic carbocycles. The molecule has 832 valence electrons. The van der Waals surface area contributed by atoms with E-state index < -0.39 is 485 Å². The van der Waals surface area contributed by atoms with Crippen LogP contribution >= 0.6 is 0 Å². The number of hydrogen-bond acceptors (Lipinski definition) is 65. The van der Waals surface area contributed by atoms with Crippen LogP contribution in [0.4, 0.5) is 0 Å². The highest BCUT2D eigenvalue weighted by atomic mass is 16.8. The zero-order valence-corrected chi connectivity index (χ0v) is 74.8. The van der Waals surface area contributed by atoms with Crippen molar-refractivity contribution in [2.24, 2.45) is 0 Å². The maximum atomic E-state index is 12.2. The zero-order chi connectivity index (χ0) is 104. The Hall–Kier alpha value is -2.60. The Labute approximate surface area is 805 Å². The summed E-state index contributed by atoms with van der Waals surface area (Å²) >= 11 is 0. The molecular formula is C78H130O65. The van der Waals surface area contributed by atoms with Crippen LogP contribution in [0.15, 0.2) is 0 Å². The standard InChI is InChI=1S/C78H130O65/c79-1-14-27(90)29(92)42(105)68(120-14)133-57-18(5-83)124-70(46(109)33(57)96)135-55-16(3-81)122-66(44(107)31(55)94)118-12-25-64-41(104)54(117)78(132-25)141-63-24(11-89)128-74(50(113)37(63)100)139-61-22(9-87)130-76(52(115)39(61)102)143-65-26(13-119-67-45(108)32(95)56(17(4-82)123-67)136-71-47(110)34(97)58(19(6-84)125-71)134-69-43(106)30(93)28(91)15(2-80)121-69)131-77(53(116)40(65)103)140-62-23(10-88)127-73(49(112)36(62)99)137-59-20(7-85)126-72(48(111)35(59)98)138-60-21(8-86)129-75(142-64)51(114)38(60)101/h14-117H,1-13H2/t14-,15-,16-,17-,18-,19-,20-,21-,22-,23-,24-,25-,26-,27+,28+,29+,30+,31-,32-,33-,34-,35-,36-,37-,38-,39-,40-,41-,42-,43-,44-,45-,46-,47-,48-,49-,50+,51-,52+,53-,54-,55-,56-,57+,58+,59-,60-,61-,62-,63-,64-,65-,66-,67-,68+,69+,70+,71+,72-,73-,74-,75-,76-,77-,78-/m1/s1. The molecule has 0 amide bonds. The molecule has 0 spiro atoms. The molecule has 0 aromatic heterocycles. The fourth-order valence-electron chi connectivity index (χ4n) is 19.1. The molecule has 27 aliphatic heterocycles. The second kappa shape index (κ2) is 49.9. The van der Waals surface area contributed by atoms with Crippen molar-refractivity contribution in [1.82, 2.24) is 0 Å². The van der Waals surface area contributed by atoms with Gasteiger partial charge in [0.2, 0.25) is 0 Å². The minimum atomic E-state index is -2.56. The van der Waals surface area contributed by atoms with E-state index in [9.17, 15) is 199 Å². The molecule has 27 heterocycles. The van der Waals surface area contributed by atoms with Crippen LogP contribution in [0.5, 0.6) is 0 Å². The smallest absolute Gasteiger partial charge is 0.187 e. The van der Waals surface area contributed by atoms with Crippen molar-refractivity contribution in [3.05, 3.63) is 0 Å². The van der Waals surface area contributed by atoms with E-state index in [0.29, 0.717) is 0 Å². The predicted molar refractivity (Wildman–Crippen MR) is 424 cm³/mol. The van der Waals surface area contributed by atoms with Crippen LogP contribution in [0, 0.1) is 0 Å². The second-order valence-electron chi connectivity index (χ2n) is 36.6. The second-order valence-corrected chi connectivity index (χ2v) is 36.6. The molecule has 0 aromatic rings. The minimum absolute atomic E-state index is 0.924. The van der Waals surface area contributed by atoms with E-state index in [1.165, 1.54) is 0 Å². The maximum Gasteiger partial charge on any atom is 0.187 e. The van der Waals surface area contributed by atoms with Crippen LogP contribution in [0.2, 0.25) is 0 Å². The largest absolute Gasteiger partial charge is 0.394 e. The molecule has 65 heteroatoms. The normalized spacial score (nSPS) is 54.9. The predicted octanol–water partition coefficient (Wildman–Crippen LogP) is -28.3. The van der Waals surface area contributed by atoms with Crippen molar-refractivity contribution >= 4 is 0 Å². The fourth-order valence-corrected chi connectivity index (χ4v) is 19.1. The average molecular weight is 2110 g/mol. The van der Waals surface area contributed by atoms with Crippen LogP contribution in [-0.2, 0) is 123 Å². The van der Waals surface area contributed by atoms with Gasteiger partial charge in [-0.25, -0.2) is 0 Å². The third kappa shape index (κ3) is 23.7. The lowest BCUT2D eigenvalue weighted by Gasteiger charge is -2.50. The topological polar surface area (TPSA) is 1030 Å². The van der Waals surface area contributed by atoms with E-state index in [2.05, 4.69) is 0 Å². The third-order valence-electron chi connectivity index (χ3n) is 27.4. The molecule has 27 fully saturated rings. The van der Waals surface area contributed by atoms with E-state index in [1.54, 1.807) is 0 Å². The fraction of sp³-hybridized carbons (Fsp3) is 1.00. The van der Waals surface area contributed by atoms with Gasteiger partial charge in [-0.3, -0.25) is 0 Å². The summed E-state index contributed by atoms with van der Waals surface area (Å²) < 4.78 is 151. The molecule has 27 saturated heterocycles. The molecule has 0 radical (unpaired) electrons. The Morgan fingerprint density at radius 1 is 0.126 bits per heavy atom. The number of rotatable bonds is 25. The van der Waals surface area contributed by atoms with Gasteiger partial charge < -0.3 is 322 Å². The molecule has 27 rings (SSSR count). The SMILES string of the molecule is OC[C@H]1O[C@@H](O[C@@H]2[C@H](O)[C@@H](O)[C@H](O[C@H]3[C@H](O)[C@@H](O)[C@H](OC[C@H]4O[C@@H]5O[C@H]6[C@H](O)[C@@H](O)[C@@H](O[C@H]7[C@H](O)[C@@H](O)[C@@H](O[C@H]8[C@H](O)[C@@H](O)[C@@H](O[C@H]9[C@H](O)[C@@H](O)[C@@H](O[C@H]%10[C@H](O)[C@H](O)[C@@H](O[C@H]%11[C@H](O)[C@H](O)[C@@H](O[C@H]4[C@H](O)[C@H]5O)O[C@@H]%11CO)O[C@@H]%10CO)O[C@@H]9CO[C@@H]4O[C@H](CO)[C@@H](O[C@@H]5O[C@H](CO)[C@H](O[C@@H]9O[C@H](CO)[C@H](O)[C@H](O)[C@H]9O)[C@H](O)[C@H]5O)[C@H](O)[C@H]4O)O[C@@H]8CO)O[C@@H]7CO)O[C@@H]6CO)O[C@@H]3CO)O[C@@H]2CO)[C@H](O)[C@@H](O)[C@H]1O. The molecular weight excluding hydrogens is 1980 g/mol. The highest BCUT2D eigenvalue weighted by Gasteiger charge is 2.64. The Balaban J connectivity index is 0.712. The Bertz CT molecular complexity index is 3670. The van der Waals surface area contributed by atoms with Gasteiger partial charge >= 0.3 is 0 Å². The van der Waals surface area contributed by atoms with Gasteiger partial charge in [0.05, 0.1) is 85.9 Å². The summed E-state index contributed by atoms with van der Waals surface area (Å²) in [6.45, 7) is -15.2. The monoisotopic (exact) mass is 2110 g/mol. The summed E-state index contributed by atoms with van der Waals surface area (Å²) in [5, 5.41) is 438. The van der Waals surface area contributed by atoms with Crippen LogP contribution in [0.1, 0.15) is 0 Å². The first-order valence-electron chi connectivity index (χ1n) is 45.7. The first-order valence-corrected chi connectivity index (χ1v) is 45.7. The van der Waals surface area contributed by atoms with Crippen LogP contribution in [0.25, 0.3) is 0 Å². The van der Waals surface area contributed by atoms with Gasteiger partial charge in [-0.05, 0) is 0 Å². The highest BCUT2D eigenvalue weighted by Crippen LogP contribution is 2.44. The maximum absolute atomic E-state index is 12.2. The van der Waals surface area contributed by atoms with E-state index in [1.807, 2.05) is 0 Å². The van der Waals surface area contributed by atoms with E-state index in [0.717, 1.165) is 0 Å². The summed E-state index contributed by atoms with van der Waals surface area (Å²) in [6.07, 6.45) is -143. The lowest BCUT2D eigenvalue weighted by atomic mass is 9.95. The number of ether oxygens (including phenoxy) is 26. The molecule has 65 nitrogen and oxygen atoms in total. The molecule has 0 unspecified atom stereocenters. The first-order chi connectivity index (χ1) is 68.0. The van der Waals surface area contributed by atoms with Gasteiger partial charge in [-0.2, -0.15) is 0 Å². The molecule has 27 aliphatic rings. The van der Waals surface area contributed by atoms with Crippen molar-refractivity contribution in [1.29, 1.82) is 0 Å². The molecule has 65 atom stereocenters. The van der Waals surface area contributed by atoms with Gasteiger partial charge in [0.1, 0.15) is 317 Å². The van der Waals surface area contributed by atoms with Crippen molar-refractivity contribution in [2.75, 3.05) is 85.9 Å². The van der Waals surface area contributed by atoms with Gasteiger partial charge in [0, 0.05) is 0 Å². The van der Waals surface area contributed by atoms with Gasteiger partial charge in [0.15, 0.2) is 81.8 Å². The number of hydrogen-bond donors (Lipinski definition) is 39. The van der Waals surface area contributed by atoms with Crippen LogP contribution < -0.4 is 0 Å². The van der Waals surface area contributed by atoms with E-state index in [-0.39, 0.29) is 0 Å². The van der Waals surface area contributed by atoms with E-state index >= 15 is 0 Å². The van der Waals surface area contributed by atoms with Crippen LogP contribution in [0.3, 0.4) is 0 Å². The lowest BCUT2D eigenvalue weighted by molar-refractivity contribution is -0.401. The highest BCUT2D eigenvalue weighted by molar-refractivity contribution is 5.06. The minimum Gasteiger partial charge on any atom is -0.394 e. The summed E-state index contributed by atoms with van der Waals surface area (Å²) in [6, 6.07) is 0. The Morgan fingerprint density at radius 2 is 0.280 bits per heavy atom. The van der Waals surface area contributed by atoms with Crippen molar-refractivity contribution in [3.8, 4) is 0 Å². The van der Waals surface area contributed by atoms with Crippen LogP contribution in [-0.4, -0.2) is 684 Å². The van der Waals surface area contributed by atoms with Gasteiger partial charge in [-0.15, -0.1) is 0 Å². The average Bonchev–Trinajstić information content (AvgIpc) is 0.882. The Morgan fingerprint density at radius 3 is 0.469 bits per heavy atom. The van der Waals surface area contributed by atoms with E-state index in [4.69, 9.17) is 123 Å². The van der Waals surface area contributed by atoms with Crippen molar-refractivity contribution in [3.63, 3.8) is 0 Å². The molecule has 143 heavy (non-hydrogen) atoms. The van der Waals surface area contributed by atoms with Gasteiger partial charge in [-0.1, -0.05) is 0 Å². The summed E-state index contributed by atoms with van der Waals surface area (Å²) in [4.78, 5) is 0. The number of aliphatic hydroxyl groups is 39. The van der Waals surface area contributed by atoms with Gasteiger partial charge in [0.25, 0.3) is 0 Å². The Kier molecular flexibility index (Phi) is 40.4.